The molecule has 1 saturated carbocycles. The Morgan fingerprint density at radius 1 is 1.37 bits per heavy atom. The van der Waals surface area contributed by atoms with Gasteiger partial charge in [0.1, 0.15) is 5.54 Å². The van der Waals surface area contributed by atoms with Gasteiger partial charge >= 0.3 is 0 Å². The van der Waals surface area contributed by atoms with Crippen LogP contribution in [0.25, 0.3) is 10.9 Å². The van der Waals surface area contributed by atoms with E-state index in [0.717, 1.165) is 12.8 Å². The van der Waals surface area contributed by atoms with Gasteiger partial charge in [0.2, 0.25) is 5.91 Å². The molecule has 0 unspecified atom stereocenters. The van der Waals surface area contributed by atoms with Gasteiger partial charge in [-0.1, -0.05) is 37.7 Å². The number of para-hydroxylation sites is 1. The third-order valence-electron chi connectivity index (χ3n) is 5.11. The van der Waals surface area contributed by atoms with Crippen LogP contribution in [0.1, 0.15) is 46.6 Å². The fraction of sp³-hybridized carbons (Fsp3) is 0.500. The molecule has 2 atom stereocenters. The Morgan fingerprint density at radius 3 is 2.63 bits per heavy atom. The third-order valence-corrected chi connectivity index (χ3v) is 6.18. The molecule has 0 aliphatic heterocycles. The van der Waals surface area contributed by atoms with Gasteiger partial charge in [0.25, 0.3) is 5.56 Å². The number of nitrogens with zero attached hydrogens (tertiary/aromatic N) is 3. The molecule has 1 aliphatic rings. The molecular weight excluding hydrogens is 360 g/mol. The smallest absolute Gasteiger partial charge is 0.262 e. The van der Waals surface area contributed by atoms with Crippen LogP contribution in [0.3, 0.4) is 0 Å². The van der Waals surface area contributed by atoms with Crippen molar-refractivity contribution in [2.24, 2.45) is 5.92 Å². The van der Waals surface area contributed by atoms with Crippen LogP contribution in [0.2, 0.25) is 0 Å². The number of nitriles is 1. The van der Waals surface area contributed by atoms with E-state index in [9.17, 15) is 14.9 Å². The average molecular weight is 385 g/mol. The lowest BCUT2D eigenvalue weighted by molar-refractivity contribution is -0.121. The van der Waals surface area contributed by atoms with Crippen molar-refractivity contribution in [2.45, 2.75) is 62.5 Å². The largest absolute Gasteiger partial charge is 0.337 e. The molecule has 1 aromatic carbocycles. The van der Waals surface area contributed by atoms with Gasteiger partial charge in [-0.05, 0) is 44.7 Å². The first-order valence-electron chi connectivity index (χ1n) is 9.18. The molecular formula is C20H24N4O2S. The van der Waals surface area contributed by atoms with Gasteiger partial charge in [-0.25, -0.2) is 4.98 Å². The third kappa shape index (κ3) is 3.86. The topological polar surface area (TPSA) is 87.8 Å². The van der Waals surface area contributed by atoms with Crippen LogP contribution in [0.15, 0.2) is 34.2 Å². The summed E-state index contributed by atoms with van der Waals surface area (Å²) in [5.74, 6) is -0.255. The van der Waals surface area contributed by atoms with Gasteiger partial charge in [-0.15, -0.1) is 0 Å². The molecule has 0 radical (unpaired) electrons. The highest BCUT2D eigenvalue weighted by atomic mass is 32.2. The fourth-order valence-corrected chi connectivity index (χ4v) is 3.71. The molecule has 1 aliphatic carbocycles. The number of benzene rings is 1. The molecule has 2 aromatic rings. The predicted octanol–water partition coefficient (Wildman–Crippen LogP) is 3.27. The maximum Gasteiger partial charge on any atom is 0.262 e. The van der Waals surface area contributed by atoms with Crippen molar-refractivity contribution in [1.29, 1.82) is 5.26 Å². The standard InChI is InChI=1S/C20H24N4O2S/c1-12(2)20(4,11-21)23-17(25)13(3)27-19-22-16-8-6-5-7-15(16)18(26)24(19)14-9-10-14/h5-8,12-14H,9-10H2,1-4H3,(H,23,25)/t13-,20-/m1/s1. The Labute approximate surface area is 163 Å². The number of amides is 1. The lowest BCUT2D eigenvalue weighted by atomic mass is 9.90. The summed E-state index contributed by atoms with van der Waals surface area (Å²) in [6.07, 6.45) is 1.90. The minimum absolute atomic E-state index is 0.0212. The zero-order chi connectivity index (χ0) is 19.8. The average Bonchev–Trinajstić information content (AvgIpc) is 3.46. The quantitative estimate of drug-likeness (QED) is 0.610. The van der Waals surface area contributed by atoms with Crippen LogP contribution in [0.4, 0.5) is 0 Å². The van der Waals surface area contributed by atoms with Crippen LogP contribution < -0.4 is 10.9 Å². The van der Waals surface area contributed by atoms with Gasteiger partial charge in [0.15, 0.2) is 5.16 Å². The number of thioether (sulfide) groups is 1. The fourth-order valence-electron chi connectivity index (χ4n) is 2.73. The van der Waals surface area contributed by atoms with Gasteiger partial charge in [-0.2, -0.15) is 5.26 Å². The summed E-state index contributed by atoms with van der Waals surface area (Å²) in [4.78, 5) is 30.2. The summed E-state index contributed by atoms with van der Waals surface area (Å²) in [6.45, 7) is 7.30. The summed E-state index contributed by atoms with van der Waals surface area (Å²) in [6, 6.07) is 9.63. The maximum atomic E-state index is 12.9. The molecule has 1 heterocycles. The van der Waals surface area contributed by atoms with Crippen LogP contribution >= 0.6 is 11.8 Å². The number of hydrogen-bond donors (Lipinski definition) is 1. The second kappa shape index (κ2) is 7.35. The highest BCUT2D eigenvalue weighted by Crippen LogP contribution is 2.37. The molecule has 142 valence electrons. The zero-order valence-electron chi connectivity index (χ0n) is 16.0. The zero-order valence-corrected chi connectivity index (χ0v) is 16.8. The Hall–Kier alpha value is -2.33. The van der Waals surface area contributed by atoms with Crippen molar-refractivity contribution in [2.75, 3.05) is 0 Å². The van der Waals surface area contributed by atoms with E-state index in [0.29, 0.717) is 16.1 Å². The SMILES string of the molecule is CC(C)[C@@](C)(C#N)NC(=O)[C@@H](C)Sc1nc2ccccc2c(=O)n1C1CC1. The Morgan fingerprint density at radius 2 is 2.04 bits per heavy atom. The van der Waals surface area contributed by atoms with Crippen molar-refractivity contribution < 1.29 is 4.79 Å². The van der Waals surface area contributed by atoms with Crippen molar-refractivity contribution in [3.05, 3.63) is 34.6 Å². The number of nitrogens with one attached hydrogen (secondary N) is 1. The van der Waals surface area contributed by atoms with Gasteiger partial charge < -0.3 is 5.32 Å². The number of carbonyl (C=O) groups is 1. The Bertz CT molecular complexity index is 974. The minimum Gasteiger partial charge on any atom is -0.337 e. The molecule has 3 rings (SSSR count). The summed E-state index contributed by atoms with van der Waals surface area (Å²) < 4.78 is 1.72. The van der Waals surface area contributed by atoms with Crippen molar-refractivity contribution in [1.82, 2.24) is 14.9 Å². The summed E-state index contributed by atoms with van der Waals surface area (Å²) in [5.41, 5.74) is -0.348. The van der Waals surface area contributed by atoms with Crippen LogP contribution in [0, 0.1) is 17.2 Å². The molecule has 7 heteroatoms. The first-order valence-corrected chi connectivity index (χ1v) is 10.1. The highest BCUT2D eigenvalue weighted by Gasteiger charge is 2.33. The van der Waals surface area contributed by atoms with E-state index in [2.05, 4.69) is 16.4 Å². The van der Waals surface area contributed by atoms with E-state index < -0.39 is 10.8 Å². The monoisotopic (exact) mass is 384 g/mol. The van der Waals surface area contributed by atoms with Gasteiger partial charge in [-0.3, -0.25) is 14.2 Å². The van der Waals surface area contributed by atoms with Crippen molar-refractivity contribution in [3.8, 4) is 6.07 Å². The van der Waals surface area contributed by atoms with E-state index in [1.54, 1.807) is 24.5 Å². The van der Waals surface area contributed by atoms with Crippen molar-refractivity contribution in [3.63, 3.8) is 0 Å². The number of aromatic nitrogens is 2. The molecule has 1 aromatic heterocycles. The molecule has 0 spiro atoms. The second-order valence-corrected chi connectivity index (χ2v) is 8.84. The van der Waals surface area contributed by atoms with E-state index in [4.69, 9.17) is 0 Å². The van der Waals surface area contributed by atoms with E-state index in [-0.39, 0.29) is 23.4 Å². The van der Waals surface area contributed by atoms with Gasteiger partial charge in [0, 0.05) is 6.04 Å². The Balaban J connectivity index is 1.90. The normalized spacial score (nSPS) is 17.3. The van der Waals surface area contributed by atoms with Gasteiger partial charge in [0.05, 0.1) is 22.2 Å². The lowest BCUT2D eigenvalue weighted by Gasteiger charge is -2.28. The number of hydrogen-bond acceptors (Lipinski definition) is 5. The number of fused-ring (bicyclic) bond motifs is 1. The van der Waals surface area contributed by atoms with Crippen molar-refractivity contribution >= 4 is 28.6 Å². The highest BCUT2D eigenvalue weighted by molar-refractivity contribution is 8.00. The number of carbonyl (C=O) groups excluding carboxylic acids is 1. The molecule has 0 saturated heterocycles. The molecule has 27 heavy (non-hydrogen) atoms. The van der Waals surface area contributed by atoms with Crippen LogP contribution in [-0.2, 0) is 4.79 Å². The maximum absolute atomic E-state index is 12.9. The number of rotatable bonds is 6. The molecule has 6 nitrogen and oxygen atoms in total. The summed E-state index contributed by atoms with van der Waals surface area (Å²) in [7, 11) is 0. The van der Waals surface area contributed by atoms with Crippen LogP contribution in [-0.4, -0.2) is 26.2 Å². The first-order chi connectivity index (χ1) is 12.8. The molecule has 1 N–H and O–H groups in total. The van der Waals surface area contributed by atoms with E-state index in [1.807, 2.05) is 32.0 Å². The minimum atomic E-state index is -0.932. The predicted molar refractivity (Wildman–Crippen MR) is 107 cm³/mol. The first kappa shape index (κ1) is 19.4. The lowest BCUT2D eigenvalue weighted by Crippen LogP contribution is -2.51. The molecule has 1 fully saturated rings. The van der Waals surface area contributed by atoms with E-state index >= 15 is 0 Å². The second-order valence-electron chi connectivity index (χ2n) is 7.54. The Kier molecular flexibility index (Phi) is 5.29. The van der Waals surface area contributed by atoms with Crippen LogP contribution in [0.5, 0.6) is 0 Å². The summed E-state index contributed by atoms with van der Waals surface area (Å²) >= 11 is 1.27. The van der Waals surface area contributed by atoms with E-state index in [1.165, 1.54) is 11.8 Å². The molecule has 1 amide bonds. The summed E-state index contributed by atoms with van der Waals surface area (Å²) in [5, 5.41) is 13.0. The molecule has 0 bridgehead atoms.